The molecule has 2 rings (SSSR count). The molecular formula is C15H22N4O. The van der Waals surface area contributed by atoms with Crippen LogP contribution in [-0.2, 0) is 13.1 Å². The van der Waals surface area contributed by atoms with Crippen LogP contribution in [0.5, 0.6) is 5.75 Å². The topological polar surface area (TPSA) is 52.0 Å². The van der Waals surface area contributed by atoms with Gasteiger partial charge in [-0.15, -0.1) is 0 Å². The quantitative estimate of drug-likeness (QED) is 0.801. The minimum absolute atomic E-state index is 0.592. The number of ether oxygens (including phenoxy) is 1. The lowest BCUT2D eigenvalue weighted by Crippen LogP contribution is -2.18. The Morgan fingerprint density at radius 3 is 2.70 bits per heavy atom. The van der Waals surface area contributed by atoms with Gasteiger partial charge in [-0.1, -0.05) is 26.0 Å². The number of hydrogen-bond acceptors (Lipinski definition) is 4. The molecule has 0 atom stereocenters. The van der Waals surface area contributed by atoms with E-state index in [0.717, 1.165) is 18.8 Å². The third-order valence-corrected chi connectivity index (χ3v) is 2.86. The fourth-order valence-electron chi connectivity index (χ4n) is 1.81. The van der Waals surface area contributed by atoms with Gasteiger partial charge in [0.1, 0.15) is 25.0 Å². The summed E-state index contributed by atoms with van der Waals surface area (Å²) in [6, 6.07) is 8.21. The molecular weight excluding hydrogens is 252 g/mol. The van der Waals surface area contributed by atoms with Gasteiger partial charge >= 0.3 is 0 Å². The number of hydrogen-bond donors (Lipinski definition) is 1. The van der Waals surface area contributed by atoms with Crippen molar-refractivity contribution < 1.29 is 4.74 Å². The monoisotopic (exact) mass is 274 g/mol. The van der Waals surface area contributed by atoms with Crippen LogP contribution in [0, 0.1) is 5.92 Å². The number of nitrogens with one attached hydrogen (secondary N) is 1. The first-order valence-electron chi connectivity index (χ1n) is 6.99. The molecule has 0 aliphatic carbocycles. The van der Waals surface area contributed by atoms with Crippen molar-refractivity contribution in [3.05, 3.63) is 42.5 Å². The molecule has 108 valence electrons. The fourth-order valence-corrected chi connectivity index (χ4v) is 1.81. The highest BCUT2D eigenvalue weighted by Crippen LogP contribution is 2.12. The van der Waals surface area contributed by atoms with E-state index in [1.807, 2.05) is 12.1 Å². The standard InChI is InChI=1S/C15H22N4O/c1-13(2)9-16-10-14-3-5-15(6-4-14)20-8-7-19-12-17-11-18-19/h3-6,11-13,16H,7-10H2,1-2H3. The highest BCUT2D eigenvalue weighted by molar-refractivity contribution is 5.27. The van der Waals surface area contributed by atoms with E-state index in [-0.39, 0.29) is 0 Å². The van der Waals surface area contributed by atoms with Gasteiger partial charge in [-0.3, -0.25) is 0 Å². The van der Waals surface area contributed by atoms with Gasteiger partial charge in [-0.2, -0.15) is 5.10 Å². The third kappa shape index (κ3) is 5.01. The number of benzene rings is 1. The Labute approximate surface area is 120 Å². The van der Waals surface area contributed by atoms with Crippen LogP contribution in [0.2, 0.25) is 0 Å². The van der Waals surface area contributed by atoms with Crippen LogP contribution in [0.4, 0.5) is 0 Å². The Morgan fingerprint density at radius 2 is 2.05 bits per heavy atom. The molecule has 0 fully saturated rings. The molecule has 1 heterocycles. The SMILES string of the molecule is CC(C)CNCc1ccc(OCCn2cncn2)cc1. The van der Waals surface area contributed by atoms with E-state index >= 15 is 0 Å². The van der Waals surface area contributed by atoms with E-state index in [4.69, 9.17) is 4.74 Å². The highest BCUT2D eigenvalue weighted by Gasteiger charge is 1.98. The van der Waals surface area contributed by atoms with Gasteiger partial charge in [0, 0.05) is 6.54 Å². The zero-order valence-corrected chi connectivity index (χ0v) is 12.1. The third-order valence-electron chi connectivity index (χ3n) is 2.86. The van der Waals surface area contributed by atoms with E-state index < -0.39 is 0 Å². The van der Waals surface area contributed by atoms with E-state index in [1.165, 1.54) is 11.9 Å². The van der Waals surface area contributed by atoms with Crippen LogP contribution in [0.3, 0.4) is 0 Å². The normalized spacial score (nSPS) is 10.9. The summed E-state index contributed by atoms with van der Waals surface area (Å²) in [5.41, 5.74) is 1.27. The summed E-state index contributed by atoms with van der Waals surface area (Å²) in [5.74, 6) is 1.56. The molecule has 1 aromatic carbocycles. The maximum atomic E-state index is 5.67. The molecule has 0 spiro atoms. The molecule has 0 aliphatic heterocycles. The Bertz CT molecular complexity index is 479. The first kappa shape index (κ1) is 14.5. The second-order valence-corrected chi connectivity index (χ2v) is 5.18. The summed E-state index contributed by atoms with van der Waals surface area (Å²) in [5, 5.41) is 7.45. The zero-order chi connectivity index (χ0) is 14.2. The molecule has 0 saturated carbocycles. The first-order valence-corrected chi connectivity index (χ1v) is 6.99. The average molecular weight is 274 g/mol. The molecule has 0 bridgehead atoms. The van der Waals surface area contributed by atoms with Crippen LogP contribution in [0.25, 0.3) is 0 Å². The highest BCUT2D eigenvalue weighted by atomic mass is 16.5. The van der Waals surface area contributed by atoms with Crippen LogP contribution in [0.15, 0.2) is 36.9 Å². The molecule has 0 radical (unpaired) electrons. The van der Waals surface area contributed by atoms with Crippen molar-refractivity contribution in [3.63, 3.8) is 0 Å². The Hall–Kier alpha value is -1.88. The number of rotatable bonds is 8. The second kappa shape index (κ2) is 7.65. The van der Waals surface area contributed by atoms with Crippen molar-refractivity contribution in [2.45, 2.75) is 26.9 Å². The molecule has 0 saturated heterocycles. The molecule has 5 nitrogen and oxygen atoms in total. The van der Waals surface area contributed by atoms with E-state index in [9.17, 15) is 0 Å². The van der Waals surface area contributed by atoms with Crippen LogP contribution in [-0.4, -0.2) is 27.9 Å². The average Bonchev–Trinajstić information content (AvgIpc) is 2.93. The number of nitrogens with zero attached hydrogens (tertiary/aromatic N) is 3. The zero-order valence-electron chi connectivity index (χ0n) is 12.1. The lowest BCUT2D eigenvalue weighted by molar-refractivity contribution is 0.291. The molecule has 5 heteroatoms. The first-order chi connectivity index (χ1) is 9.74. The molecule has 0 aliphatic rings. The summed E-state index contributed by atoms with van der Waals surface area (Å²) in [4.78, 5) is 3.89. The molecule has 0 unspecified atom stereocenters. The largest absolute Gasteiger partial charge is 0.492 e. The molecule has 2 aromatic rings. The predicted molar refractivity (Wildman–Crippen MR) is 78.5 cm³/mol. The maximum absolute atomic E-state index is 5.67. The predicted octanol–water partition coefficient (Wildman–Crippen LogP) is 2.10. The van der Waals surface area contributed by atoms with Gasteiger partial charge in [0.25, 0.3) is 0 Å². The van der Waals surface area contributed by atoms with Gasteiger partial charge in [-0.25, -0.2) is 9.67 Å². The van der Waals surface area contributed by atoms with Gasteiger partial charge in [-0.05, 0) is 30.2 Å². The van der Waals surface area contributed by atoms with Gasteiger partial charge in [0.05, 0.1) is 6.54 Å². The van der Waals surface area contributed by atoms with E-state index in [0.29, 0.717) is 19.1 Å². The smallest absolute Gasteiger partial charge is 0.137 e. The van der Waals surface area contributed by atoms with Crippen molar-refractivity contribution in [1.82, 2.24) is 20.1 Å². The van der Waals surface area contributed by atoms with Gasteiger partial charge in [0.2, 0.25) is 0 Å². The van der Waals surface area contributed by atoms with Crippen molar-refractivity contribution in [2.75, 3.05) is 13.2 Å². The minimum atomic E-state index is 0.592. The Kier molecular flexibility index (Phi) is 5.55. The van der Waals surface area contributed by atoms with Crippen molar-refractivity contribution >= 4 is 0 Å². The molecule has 20 heavy (non-hydrogen) atoms. The molecule has 1 N–H and O–H groups in total. The molecule has 0 amide bonds. The fraction of sp³-hybridized carbons (Fsp3) is 0.467. The van der Waals surface area contributed by atoms with E-state index in [2.05, 4.69) is 41.4 Å². The summed E-state index contributed by atoms with van der Waals surface area (Å²) in [7, 11) is 0. The Balaban J connectivity index is 1.71. The number of aromatic nitrogens is 3. The van der Waals surface area contributed by atoms with Crippen LogP contribution < -0.4 is 10.1 Å². The van der Waals surface area contributed by atoms with Crippen molar-refractivity contribution in [2.24, 2.45) is 5.92 Å². The summed E-state index contributed by atoms with van der Waals surface area (Å²) in [6.45, 7) is 7.65. The Morgan fingerprint density at radius 1 is 1.25 bits per heavy atom. The molecule has 1 aromatic heterocycles. The van der Waals surface area contributed by atoms with Gasteiger partial charge in [0.15, 0.2) is 0 Å². The van der Waals surface area contributed by atoms with Crippen LogP contribution in [0.1, 0.15) is 19.4 Å². The maximum Gasteiger partial charge on any atom is 0.137 e. The summed E-state index contributed by atoms with van der Waals surface area (Å²) >= 11 is 0. The summed E-state index contributed by atoms with van der Waals surface area (Å²) < 4.78 is 7.42. The minimum Gasteiger partial charge on any atom is -0.492 e. The van der Waals surface area contributed by atoms with Crippen LogP contribution >= 0.6 is 0 Å². The van der Waals surface area contributed by atoms with Crippen molar-refractivity contribution in [1.29, 1.82) is 0 Å². The lowest BCUT2D eigenvalue weighted by Gasteiger charge is -2.09. The lowest BCUT2D eigenvalue weighted by atomic mass is 10.2. The van der Waals surface area contributed by atoms with Crippen molar-refractivity contribution in [3.8, 4) is 5.75 Å². The van der Waals surface area contributed by atoms with E-state index in [1.54, 1.807) is 11.0 Å². The summed E-state index contributed by atoms with van der Waals surface area (Å²) in [6.07, 6.45) is 3.21. The van der Waals surface area contributed by atoms with Gasteiger partial charge < -0.3 is 10.1 Å². The second-order valence-electron chi connectivity index (χ2n) is 5.18.